The Morgan fingerprint density at radius 3 is 2.57 bits per heavy atom. The fraction of sp³-hybridized carbons (Fsp3) is 0.185. The van der Waals surface area contributed by atoms with E-state index in [1.54, 1.807) is 49.1 Å². The monoisotopic (exact) mass is 509 g/mol. The van der Waals surface area contributed by atoms with Crippen molar-refractivity contribution in [1.29, 1.82) is 0 Å². The molecule has 35 heavy (non-hydrogen) atoms. The van der Waals surface area contributed by atoms with E-state index >= 15 is 0 Å². The number of rotatable bonds is 5. The number of aryl methyl sites for hydroxylation is 1. The average molecular weight is 510 g/mol. The van der Waals surface area contributed by atoms with Gasteiger partial charge in [0.05, 0.1) is 23.6 Å². The quantitative estimate of drug-likeness (QED) is 0.343. The van der Waals surface area contributed by atoms with Crippen LogP contribution in [-0.2, 0) is 6.54 Å². The fourth-order valence-electron chi connectivity index (χ4n) is 4.43. The molecule has 1 aromatic heterocycles. The maximum Gasteiger partial charge on any atom is 0.291 e. The summed E-state index contributed by atoms with van der Waals surface area (Å²) in [5, 5.41) is 11.5. The minimum atomic E-state index is -0.783. The van der Waals surface area contributed by atoms with E-state index in [0.717, 1.165) is 11.1 Å². The van der Waals surface area contributed by atoms with E-state index in [1.807, 2.05) is 18.2 Å². The summed E-state index contributed by atoms with van der Waals surface area (Å²) in [5.74, 6) is -0.229. The van der Waals surface area contributed by atoms with Gasteiger partial charge in [-0.3, -0.25) is 9.59 Å². The average Bonchev–Trinajstić information content (AvgIpc) is 3.10. The molecule has 4 aromatic rings. The third-order valence-electron chi connectivity index (χ3n) is 6.14. The highest BCUT2D eigenvalue weighted by Gasteiger charge is 2.43. The number of carbonyl (C=O) groups excluding carboxylic acids is 1. The first kappa shape index (κ1) is 23.3. The number of phenols is 1. The number of benzene rings is 3. The normalized spacial score (nSPS) is 15.0. The van der Waals surface area contributed by atoms with Crippen LogP contribution < -0.4 is 10.2 Å². The van der Waals surface area contributed by atoms with Gasteiger partial charge in [-0.2, -0.15) is 0 Å². The Morgan fingerprint density at radius 2 is 1.83 bits per heavy atom. The van der Waals surface area contributed by atoms with Crippen molar-refractivity contribution in [2.24, 2.45) is 0 Å². The van der Waals surface area contributed by atoms with Crippen LogP contribution in [0.5, 0.6) is 11.5 Å². The topological polar surface area (TPSA) is 80.0 Å². The lowest BCUT2D eigenvalue weighted by atomic mass is 9.97. The number of amides is 1. The Hall–Kier alpha value is -3.48. The van der Waals surface area contributed by atoms with Crippen molar-refractivity contribution in [2.45, 2.75) is 26.4 Å². The SMILES string of the molecule is CCOc1cc(C2c3c(oc4cc(C)c(Cl)cc4c3=O)C(=O)N2Cc2ccccc2Cl)ccc1O. The molecule has 1 aliphatic heterocycles. The van der Waals surface area contributed by atoms with E-state index in [-0.39, 0.29) is 34.8 Å². The van der Waals surface area contributed by atoms with Gasteiger partial charge >= 0.3 is 0 Å². The molecule has 8 heteroatoms. The van der Waals surface area contributed by atoms with Gasteiger partial charge in [-0.1, -0.05) is 47.5 Å². The van der Waals surface area contributed by atoms with Crippen LogP contribution in [0.1, 0.15) is 45.8 Å². The van der Waals surface area contributed by atoms with Crippen molar-refractivity contribution in [3.05, 3.63) is 103 Å². The zero-order valence-electron chi connectivity index (χ0n) is 19.0. The standard InChI is InChI=1S/C27H21Cl2NO5/c1-3-34-22-11-15(8-9-20(22)31)24-23-25(32)17-12-19(29)14(2)10-21(17)35-26(23)27(33)30(24)13-16-6-4-5-7-18(16)28/h4-12,24,31H,3,13H2,1-2H3. The van der Waals surface area contributed by atoms with Crippen molar-refractivity contribution in [3.63, 3.8) is 0 Å². The highest BCUT2D eigenvalue weighted by molar-refractivity contribution is 6.32. The Kier molecular flexibility index (Phi) is 5.95. The molecule has 1 N–H and O–H groups in total. The van der Waals surface area contributed by atoms with Crippen LogP contribution in [-0.4, -0.2) is 22.5 Å². The summed E-state index contributed by atoms with van der Waals surface area (Å²) in [6, 6.07) is 14.4. The van der Waals surface area contributed by atoms with Gasteiger partial charge in [-0.25, -0.2) is 0 Å². The van der Waals surface area contributed by atoms with Crippen LogP contribution in [0, 0.1) is 6.92 Å². The number of ether oxygens (including phenoxy) is 1. The molecule has 0 aliphatic carbocycles. The molecule has 3 aromatic carbocycles. The molecule has 2 heterocycles. The zero-order valence-corrected chi connectivity index (χ0v) is 20.5. The smallest absolute Gasteiger partial charge is 0.291 e. The predicted octanol–water partition coefficient (Wildman–Crippen LogP) is 6.26. The Morgan fingerprint density at radius 1 is 1.06 bits per heavy atom. The van der Waals surface area contributed by atoms with Crippen LogP contribution in [0.15, 0.2) is 63.8 Å². The summed E-state index contributed by atoms with van der Waals surface area (Å²) in [7, 11) is 0. The minimum Gasteiger partial charge on any atom is -0.504 e. The number of halogens is 2. The van der Waals surface area contributed by atoms with Crippen LogP contribution in [0.2, 0.25) is 10.0 Å². The van der Waals surface area contributed by atoms with Gasteiger partial charge < -0.3 is 19.2 Å². The van der Waals surface area contributed by atoms with E-state index in [0.29, 0.717) is 33.2 Å². The number of fused-ring (bicyclic) bond motifs is 2. The number of carbonyl (C=O) groups is 1. The molecule has 6 nitrogen and oxygen atoms in total. The molecule has 1 unspecified atom stereocenters. The molecule has 1 amide bonds. The van der Waals surface area contributed by atoms with E-state index in [4.69, 9.17) is 32.4 Å². The number of hydrogen-bond acceptors (Lipinski definition) is 5. The molecule has 1 aliphatic rings. The van der Waals surface area contributed by atoms with Gasteiger partial charge in [0.25, 0.3) is 5.91 Å². The summed E-state index contributed by atoms with van der Waals surface area (Å²) >= 11 is 12.7. The van der Waals surface area contributed by atoms with Crippen LogP contribution in [0.4, 0.5) is 0 Å². The molecule has 0 radical (unpaired) electrons. The number of nitrogens with zero attached hydrogens (tertiary/aromatic N) is 1. The van der Waals surface area contributed by atoms with Gasteiger partial charge in [-0.15, -0.1) is 0 Å². The molecule has 1 atom stereocenters. The first-order valence-electron chi connectivity index (χ1n) is 11.1. The predicted molar refractivity (Wildman–Crippen MR) is 135 cm³/mol. The fourth-order valence-corrected chi connectivity index (χ4v) is 4.79. The third kappa shape index (κ3) is 3.93. The van der Waals surface area contributed by atoms with E-state index in [1.165, 1.54) is 6.07 Å². The largest absolute Gasteiger partial charge is 0.504 e. The lowest BCUT2D eigenvalue weighted by Gasteiger charge is -2.26. The molecule has 0 saturated carbocycles. The summed E-state index contributed by atoms with van der Waals surface area (Å²) in [6.07, 6.45) is 0. The molecular weight excluding hydrogens is 489 g/mol. The number of hydrogen-bond donors (Lipinski definition) is 1. The molecule has 0 fully saturated rings. The molecule has 0 bridgehead atoms. The van der Waals surface area contributed by atoms with E-state index in [2.05, 4.69) is 0 Å². The van der Waals surface area contributed by atoms with Crippen molar-refractivity contribution < 1.29 is 19.1 Å². The van der Waals surface area contributed by atoms with Gasteiger partial charge in [-0.05, 0) is 60.9 Å². The van der Waals surface area contributed by atoms with Gasteiger partial charge in [0.1, 0.15) is 5.58 Å². The second kappa shape index (κ2) is 8.95. The second-order valence-electron chi connectivity index (χ2n) is 8.36. The highest BCUT2D eigenvalue weighted by Crippen LogP contribution is 2.42. The minimum absolute atomic E-state index is 0.0210. The second-order valence-corrected chi connectivity index (χ2v) is 9.17. The summed E-state index contributed by atoms with van der Waals surface area (Å²) in [6.45, 7) is 4.09. The lowest BCUT2D eigenvalue weighted by molar-refractivity contribution is 0.0714. The molecular formula is C27H21Cl2NO5. The van der Waals surface area contributed by atoms with E-state index < -0.39 is 11.9 Å². The van der Waals surface area contributed by atoms with Crippen LogP contribution in [0.25, 0.3) is 11.0 Å². The maximum absolute atomic E-state index is 13.8. The molecule has 0 spiro atoms. The third-order valence-corrected chi connectivity index (χ3v) is 6.92. The van der Waals surface area contributed by atoms with Crippen LogP contribution >= 0.6 is 23.2 Å². The van der Waals surface area contributed by atoms with Crippen molar-refractivity contribution >= 4 is 40.1 Å². The molecule has 0 saturated heterocycles. The van der Waals surface area contributed by atoms with Crippen molar-refractivity contribution in [3.8, 4) is 11.5 Å². The lowest BCUT2D eigenvalue weighted by Crippen LogP contribution is -2.29. The van der Waals surface area contributed by atoms with E-state index in [9.17, 15) is 14.7 Å². The van der Waals surface area contributed by atoms with Gasteiger partial charge in [0.2, 0.25) is 5.76 Å². The maximum atomic E-state index is 13.8. The van der Waals surface area contributed by atoms with Crippen molar-refractivity contribution in [2.75, 3.05) is 6.61 Å². The first-order valence-corrected chi connectivity index (χ1v) is 11.8. The van der Waals surface area contributed by atoms with Crippen LogP contribution in [0.3, 0.4) is 0 Å². The number of aromatic hydroxyl groups is 1. The molecule has 178 valence electrons. The Balaban J connectivity index is 1.75. The Labute approximate surface area is 211 Å². The zero-order chi connectivity index (χ0) is 24.9. The highest BCUT2D eigenvalue weighted by atomic mass is 35.5. The first-order chi connectivity index (χ1) is 16.8. The number of phenolic OH excluding ortho intramolecular Hbond substituents is 1. The molecule has 5 rings (SSSR count). The van der Waals surface area contributed by atoms with Gasteiger partial charge in [0, 0.05) is 16.6 Å². The Bertz CT molecular complexity index is 1550. The summed E-state index contributed by atoms with van der Waals surface area (Å²) in [4.78, 5) is 29.0. The summed E-state index contributed by atoms with van der Waals surface area (Å²) < 4.78 is 11.6. The van der Waals surface area contributed by atoms with Crippen molar-refractivity contribution in [1.82, 2.24) is 4.90 Å². The summed E-state index contributed by atoms with van der Waals surface area (Å²) in [5.41, 5.74) is 2.22. The van der Waals surface area contributed by atoms with Gasteiger partial charge in [0.15, 0.2) is 16.9 Å².